The lowest BCUT2D eigenvalue weighted by atomic mass is 10.2. The van der Waals surface area contributed by atoms with Crippen LogP contribution in [0.3, 0.4) is 0 Å². The molecule has 3 aromatic carbocycles. The maximum atomic E-state index is 14.5. The molecule has 0 aliphatic carbocycles. The van der Waals surface area contributed by atoms with Crippen molar-refractivity contribution in [2.75, 3.05) is 16.2 Å². The van der Waals surface area contributed by atoms with Gasteiger partial charge in [0, 0.05) is 17.8 Å². The van der Waals surface area contributed by atoms with Gasteiger partial charge in [-0.2, -0.15) is 0 Å². The number of nitrogens with zero attached hydrogens (tertiary/aromatic N) is 1. The van der Waals surface area contributed by atoms with Crippen LogP contribution in [0, 0.1) is 5.82 Å². The van der Waals surface area contributed by atoms with Gasteiger partial charge in [-0.15, -0.1) is 0 Å². The smallest absolute Gasteiger partial charge is 0.267 e. The zero-order chi connectivity index (χ0) is 21.5. The van der Waals surface area contributed by atoms with E-state index in [9.17, 15) is 17.6 Å². The molecule has 1 N–H and O–H groups in total. The van der Waals surface area contributed by atoms with Gasteiger partial charge < -0.3 is 5.32 Å². The lowest BCUT2D eigenvalue weighted by Gasteiger charge is -2.20. The molecule has 1 heterocycles. The Bertz CT molecular complexity index is 1260. The van der Waals surface area contributed by atoms with Gasteiger partial charge >= 0.3 is 0 Å². The van der Waals surface area contributed by atoms with Gasteiger partial charge in [0.15, 0.2) is 0 Å². The number of carbonyl (C=O) groups excluding carboxylic acids is 1. The van der Waals surface area contributed by atoms with Crippen molar-refractivity contribution in [1.82, 2.24) is 0 Å². The number of rotatable bonds is 4. The van der Waals surface area contributed by atoms with Crippen LogP contribution in [0.15, 0.2) is 65.6 Å². The van der Waals surface area contributed by atoms with Crippen molar-refractivity contribution in [3.05, 3.63) is 87.7 Å². The number of halogens is 3. The highest BCUT2D eigenvalue weighted by molar-refractivity contribution is 7.92. The van der Waals surface area contributed by atoms with Crippen LogP contribution < -0.4 is 9.62 Å². The monoisotopic (exact) mass is 464 g/mol. The van der Waals surface area contributed by atoms with Gasteiger partial charge in [-0.1, -0.05) is 41.4 Å². The van der Waals surface area contributed by atoms with E-state index < -0.39 is 26.6 Å². The standard InChI is InChI=1S/C21H15Cl2FN2O3S/c22-16-7-6-15(12-17(16)23)25-21(27)14-5-8-18(24)20(11-14)30(28,29)26-10-9-13-3-1-2-4-19(13)26/h1-8,11-12H,9-10H2,(H,25,27). The Labute approximate surface area is 183 Å². The maximum Gasteiger partial charge on any atom is 0.267 e. The lowest BCUT2D eigenvalue weighted by molar-refractivity contribution is 0.102. The molecular formula is C21H15Cl2FN2O3S. The van der Waals surface area contributed by atoms with E-state index in [1.165, 1.54) is 22.5 Å². The fourth-order valence-electron chi connectivity index (χ4n) is 3.30. The van der Waals surface area contributed by atoms with Gasteiger partial charge in [-0.25, -0.2) is 12.8 Å². The van der Waals surface area contributed by atoms with Crippen molar-refractivity contribution in [1.29, 1.82) is 0 Å². The average Bonchev–Trinajstić information content (AvgIpc) is 3.16. The SMILES string of the molecule is O=C(Nc1ccc(Cl)c(Cl)c1)c1ccc(F)c(S(=O)(=O)N2CCc3ccccc32)c1. The zero-order valence-corrected chi connectivity index (χ0v) is 17.7. The summed E-state index contributed by atoms with van der Waals surface area (Å²) in [6, 6.07) is 14.8. The molecule has 1 amide bonds. The van der Waals surface area contributed by atoms with E-state index in [2.05, 4.69) is 5.32 Å². The van der Waals surface area contributed by atoms with Gasteiger partial charge in [-0.05, 0) is 54.4 Å². The summed E-state index contributed by atoms with van der Waals surface area (Å²) in [6.45, 7) is 0.209. The fourth-order valence-corrected chi connectivity index (χ4v) is 5.19. The number of nitrogens with one attached hydrogen (secondary N) is 1. The number of benzene rings is 3. The first kappa shape index (κ1) is 20.7. The summed E-state index contributed by atoms with van der Waals surface area (Å²) < 4.78 is 42.0. The molecule has 1 aliphatic heterocycles. The van der Waals surface area contributed by atoms with E-state index in [4.69, 9.17) is 23.2 Å². The molecule has 4 rings (SSSR count). The minimum absolute atomic E-state index is 0.00599. The summed E-state index contributed by atoms with van der Waals surface area (Å²) in [5.41, 5.74) is 1.75. The van der Waals surface area contributed by atoms with Gasteiger partial charge in [0.25, 0.3) is 15.9 Å². The molecule has 3 aromatic rings. The second kappa shape index (κ2) is 7.91. The molecule has 0 saturated heterocycles. The third-order valence-corrected chi connectivity index (χ3v) is 7.35. The van der Waals surface area contributed by atoms with Crippen molar-refractivity contribution in [2.45, 2.75) is 11.3 Å². The van der Waals surface area contributed by atoms with Crippen LogP contribution in [-0.4, -0.2) is 20.9 Å². The molecule has 0 bridgehead atoms. The topological polar surface area (TPSA) is 66.5 Å². The minimum Gasteiger partial charge on any atom is -0.322 e. The summed E-state index contributed by atoms with van der Waals surface area (Å²) in [5.74, 6) is -1.53. The van der Waals surface area contributed by atoms with E-state index >= 15 is 0 Å². The highest BCUT2D eigenvalue weighted by Gasteiger charge is 2.33. The van der Waals surface area contributed by atoms with Crippen molar-refractivity contribution < 1.29 is 17.6 Å². The fraction of sp³-hybridized carbons (Fsp3) is 0.0952. The number of anilines is 2. The van der Waals surface area contributed by atoms with Gasteiger partial charge in [0.05, 0.1) is 15.7 Å². The molecule has 154 valence electrons. The largest absolute Gasteiger partial charge is 0.322 e. The van der Waals surface area contributed by atoms with Crippen LogP contribution in [0.1, 0.15) is 15.9 Å². The third-order valence-electron chi connectivity index (χ3n) is 4.78. The van der Waals surface area contributed by atoms with Crippen LogP contribution in [0.5, 0.6) is 0 Å². The maximum absolute atomic E-state index is 14.5. The van der Waals surface area contributed by atoms with E-state index in [0.717, 1.165) is 17.7 Å². The Morgan fingerprint density at radius 3 is 2.53 bits per heavy atom. The summed E-state index contributed by atoms with van der Waals surface area (Å²) in [6.07, 6.45) is 0.536. The minimum atomic E-state index is -4.18. The summed E-state index contributed by atoms with van der Waals surface area (Å²) in [7, 11) is -4.18. The Kier molecular flexibility index (Phi) is 5.44. The molecule has 9 heteroatoms. The van der Waals surface area contributed by atoms with E-state index in [1.54, 1.807) is 18.2 Å². The van der Waals surface area contributed by atoms with Crippen LogP contribution in [0.2, 0.25) is 10.0 Å². The quantitative estimate of drug-likeness (QED) is 0.581. The number of sulfonamides is 1. The molecule has 0 aromatic heterocycles. The summed E-state index contributed by atoms with van der Waals surface area (Å²) >= 11 is 11.8. The molecule has 5 nitrogen and oxygen atoms in total. The first-order chi connectivity index (χ1) is 14.3. The average molecular weight is 465 g/mol. The number of para-hydroxylation sites is 1. The van der Waals surface area contributed by atoms with Gasteiger partial charge in [-0.3, -0.25) is 9.10 Å². The molecule has 0 spiro atoms. The molecule has 0 radical (unpaired) electrons. The predicted octanol–water partition coefficient (Wildman–Crippen LogP) is 5.14. The Balaban J connectivity index is 1.66. The highest BCUT2D eigenvalue weighted by atomic mass is 35.5. The van der Waals surface area contributed by atoms with E-state index in [-0.39, 0.29) is 17.1 Å². The zero-order valence-electron chi connectivity index (χ0n) is 15.4. The molecule has 0 fully saturated rings. The van der Waals surface area contributed by atoms with E-state index in [0.29, 0.717) is 22.8 Å². The van der Waals surface area contributed by atoms with Crippen LogP contribution >= 0.6 is 23.2 Å². The molecule has 0 unspecified atom stereocenters. The number of hydrogen-bond donors (Lipinski definition) is 1. The van der Waals surface area contributed by atoms with Crippen LogP contribution in [0.25, 0.3) is 0 Å². The van der Waals surface area contributed by atoms with Crippen molar-refractivity contribution >= 4 is 50.5 Å². The number of amides is 1. The summed E-state index contributed by atoms with van der Waals surface area (Å²) in [5, 5.41) is 3.18. The second-order valence-electron chi connectivity index (χ2n) is 6.68. The third kappa shape index (κ3) is 3.76. The van der Waals surface area contributed by atoms with Crippen LogP contribution in [-0.2, 0) is 16.4 Å². The van der Waals surface area contributed by atoms with Crippen LogP contribution in [0.4, 0.5) is 15.8 Å². The number of hydrogen-bond acceptors (Lipinski definition) is 3. The van der Waals surface area contributed by atoms with Crippen molar-refractivity contribution in [2.24, 2.45) is 0 Å². The second-order valence-corrected chi connectivity index (χ2v) is 9.33. The Morgan fingerprint density at radius 2 is 1.77 bits per heavy atom. The lowest BCUT2D eigenvalue weighted by Crippen LogP contribution is -2.30. The molecule has 30 heavy (non-hydrogen) atoms. The highest BCUT2D eigenvalue weighted by Crippen LogP contribution is 2.33. The van der Waals surface area contributed by atoms with Crippen molar-refractivity contribution in [3.8, 4) is 0 Å². The Hall–Kier alpha value is -2.61. The Morgan fingerprint density at radius 1 is 1.00 bits per heavy atom. The normalized spacial score (nSPS) is 13.2. The first-order valence-electron chi connectivity index (χ1n) is 8.94. The molecular weight excluding hydrogens is 450 g/mol. The summed E-state index contributed by atoms with van der Waals surface area (Å²) in [4.78, 5) is 12.0. The van der Waals surface area contributed by atoms with Gasteiger partial charge in [0.2, 0.25) is 0 Å². The molecule has 0 saturated carbocycles. The molecule has 0 atom stereocenters. The van der Waals surface area contributed by atoms with E-state index in [1.807, 2.05) is 12.1 Å². The van der Waals surface area contributed by atoms with Gasteiger partial charge in [0.1, 0.15) is 10.7 Å². The number of fused-ring (bicyclic) bond motifs is 1. The van der Waals surface area contributed by atoms with Crippen molar-refractivity contribution in [3.63, 3.8) is 0 Å². The molecule has 1 aliphatic rings. The number of carbonyl (C=O) groups is 1. The predicted molar refractivity (Wildman–Crippen MR) is 115 cm³/mol. The first-order valence-corrected chi connectivity index (χ1v) is 11.1.